The van der Waals surface area contributed by atoms with Crippen LogP contribution in [0.2, 0.25) is 0 Å². The van der Waals surface area contributed by atoms with E-state index in [0.717, 1.165) is 19.4 Å². The second kappa shape index (κ2) is 3.75. The minimum atomic E-state index is 0.0920. The highest BCUT2D eigenvalue weighted by Crippen LogP contribution is 2.35. The van der Waals surface area contributed by atoms with Gasteiger partial charge in [-0.25, -0.2) is 0 Å². The topological polar surface area (TPSA) is 23.5 Å². The number of aliphatic hydroxyl groups excluding tert-OH is 1. The van der Waals surface area contributed by atoms with Gasteiger partial charge in [0, 0.05) is 5.54 Å². The second-order valence-corrected chi connectivity index (χ2v) is 4.10. The fourth-order valence-corrected chi connectivity index (χ4v) is 2.39. The first kappa shape index (κ1) is 10.0. The first-order valence-corrected chi connectivity index (χ1v) is 4.99. The minimum absolute atomic E-state index is 0.0920. The third-order valence-electron chi connectivity index (χ3n) is 3.67. The molecule has 0 aliphatic carbocycles. The number of likely N-dealkylation sites (N-methyl/N-ethyl adjacent to an activating group) is 1. The molecule has 2 heteroatoms. The normalized spacial score (nSPS) is 34.0. The molecule has 0 aromatic rings. The van der Waals surface area contributed by atoms with Gasteiger partial charge in [0.2, 0.25) is 0 Å². The predicted octanol–water partition coefficient (Wildman–Crippen LogP) is 1.49. The van der Waals surface area contributed by atoms with Gasteiger partial charge in [0.05, 0.1) is 6.61 Å². The van der Waals surface area contributed by atoms with Crippen LogP contribution in [0.15, 0.2) is 0 Å². The Bertz CT molecular complexity index is 149. The Balaban J connectivity index is 2.73. The summed E-state index contributed by atoms with van der Waals surface area (Å²) < 4.78 is 0. The first-order chi connectivity index (χ1) is 5.67. The monoisotopic (exact) mass is 171 g/mol. The number of hydrogen-bond acceptors (Lipinski definition) is 2. The van der Waals surface area contributed by atoms with Gasteiger partial charge in [-0.15, -0.1) is 0 Å². The Kier molecular flexibility index (Phi) is 3.13. The molecule has 1 fully saturated rings. The summed E-state index contributed by atoms with van der Waals surface area (Å²) in [5.41, 5.74) is 0.0920. The van der Waals surface area contributed by atoms with Gasteiger partial charge in [0.1, 0.15) is 0 Å². The molecule has 0 radical (unpaired) electrons. The largest absolute Gasteiger partial charge is 0.394 e. The Morgan fingerprint density at radius 3 is 2.58 bits per heavy atom. The molecule has 1 saturated heterocycles. The third kappa shape index (κ3) is 1.38. The van der Waals surface area contributed by atoms with E-state index in [1.165, 1.54) is 6.42 Å². The maximum atomic E-state index is 9.45. The van der Waals surface area contributed by atoms with Gasteiger partial charge in [-0.05, 0) is 32.4 Å². The minimum Gasteiger partial charge on any atom is -0.394 e. The lowest BCUT2D eigenvalue weighted by Gasteiger charge is -2.39. The van der Waals surface area contributed by atoms with Crippen LogP contribution in [0.4, 0.5) is 0 Å². The molecule has 0 aromatic carbocycles. The van der Waals surface area contributed by atoms with E-state index < -0.39 is 0 Å². The van der Waals surface area contributed by atoms with E-state index in [9.17, 15) is 5.11 Å². The third-order valence-corrected chi connectivity index (χ3v) is 3.67. The van der Waals surface area contributed by atoms with Crippen molar-refractivity contribution < 1.29 is 5.11 Å². The number of nitrogens with zero attached hydrogens (tertiary/aromatic N) is 1. The van der Waals surface area contributed by atoms with Crippen molar-refractivity contribution in [2.45, 2.75) is 38.6 Å². The molecule has 0 saturated carbocycles. The molecule has 2 unspecified atom stereocenters. The Labute approximate surface area is 75.6 Å². The number of rotatable bonds is 3. The van der Waals surface area contributed by atoms with Crippen LogP contribution in [0.1, 0.15) is 33.1 Å². The van der Waals surface area contributed by atoms with E-state index in [4.69, 9.17) is 0 Å². The van der Waals surface area contributed by atoms with E-state index >= 15 is 0 Å². The molecule has 0 aromatic heterocycles. The zero-order valence-corrected chi connectivity index (χ0v) is 8.51. The molecule has 12 heavy (non-hydrogen) atoms. The standard InChI is InChI=1S/C10H21NO/c1-4-9(2)10(8-12)6-5-7-11(10)3/h9,12H,4-8H2,1-3H3. The first-order valence-electron chi connectivity index (χ1n) is 4.99. The molecule has 1 rings (SSSR count). The van der Waals surface area contributed by atoms with Crippen LogP contribution in [0.25, 0.3) is 0 Å². The molecule has 2 atom stereocenters. The molecule has 1 aliphatic heterocycles. The lowest BCUT2D eigenvalue weighted by atomic mass is 9.82. The second-order valence-electron chi connectivity index (χ2n) is 4.10. The highest BCUT2D eigenvalue weighted by atomic mass is 16.3. The smallest absolute Gasteiger partial charge is 0.0617 e. The average Bonchev–Trinajstić information content (AvgIpc) is 2.46. The van der Waals surface area contributed by atoms with Crippen LogP contribution in [0.5, 0.6) is 0 Å². The zero-order chi connectivity index (χ0) is 9.19. The van der Waals surface area contributed by atoms with E-state index in [-0.39, 0.29) is 5.54 Å². The molecule has 1 N–H and O–H groups in total. The maximum absolute atomic E-state index is 9.45. The summed E-state index contributed by atoms with van der Waals surface area (Å²) in [5, 5.41) is 9.45. The summed E-state index contributed by atoms with van der Waals surface area (Å²) >= 11 is 0. The number of hydrogen-bond donors (Lipinski definition) is 1. The molecule has 2 nitrogen and oxygen atoms in total. The van der Waals surface area contributed by atoms with Crippen LogP contribution in [-0.2, 0) is 0 Å². The van der Waals surface area contributed by atoms with Crippen LogP contribution in [0.3, 0.4) is 0 Å². The molecule has 0 amide bonds. The van der Waals surface area contributed by atoms with Gasteiger partial charge in [0.15, 0.2) is 0 Å². The fourth-order valence-electron chi connectivity index (χ4n) is 2.39. The fraction of sp³-hybridized carbons (Fsp3) is 1.00. The van der Waals surface area contributed by atoms with Gasteiger partial charge in [-0.3, -0.25) is 4.90 Å². The molecule has 0 bridgehead atoms. The molecule has 1 aliphatic rings. The molecular formula is C10H21NO. The van der Waals surface area contributed by atoms with Gasteiger partial charge >= 0.3 is 0 Å². The van der Waals surface area contributed by atoms with Crippen LogP contribution in [-0.4, -0.2) is 35.7 Å². The summed E-state index contributed by atoms with van der Waals surface area (Å²) in [6, 6.07) is 0. The zero-order valence-electron chi connectivity index (χ0n) is 8.51. The Morgan fingerprint density at radius 1 is 1.58 bits per heavy atom. The van der Waals surface area contributed by atoms with E-state index in [0.29, 0.717) is 12.5 Å². The van der Waals surface area contributed by atoms with E-state index in [1.54, 1.807) is 0 Å². The van der Waals surface area contributed by atoms with Crippen molar-refractivity contribution in [3.05, 3.63) is 0 Å². The molecule has 1 heterocycles. The molecular weight excluding hydrogens is 150 g/mol. The van der Waals surface area contributed by atoms with Crippen LogP contribution in [0, 0.1) is 5.92 Å². The van der Waals surface area contributed by atoms with Gasteiger partial charge in [-0.2, -0.15) is 0 Å². The number of aliphatic hydroxyl groups is 1. The van der Waals surface area contributed by atoms with Crippen LogP contribution >= 0.6 is 0 Å². The summed E-state index contributed by atoms with van der Waals surface area (Å²) in [6.45, 7) is 5.91. The van der Waals surface area contributed by atoms with Crippen molar-refractivity contribution in [1.82, 2.24) is 4.90 Å². The summed E-state index contributed by atoms with van der Waals surface area (Å²) in [4.78, 5) is 2.33. The molecule has 72 valence electrons. The predicted molar refractivity (Wildman–Crippen MR) is 51.1 cm³/mol. The average molecular weight is 171 g/mol. The van der Waals surface area contributed by atoms with Crippen molar-refractivity contribution in [2.24, 2.45) is 5.92 Å². The maximum Gasteiger partial charge on any atom is 0.0617 e. The molecule has 0 spiro atoms. The summed E-state index contributed by atoms with van der Waals surface area (Å²) in [6.07, 6.45) is 3.56. The highest BCUT2D eigenvalue weighted by molar-refractivity contribution is 4.97. The SMILES string of the molecule is CCC(C)C1(CO)CCCN1C. The van der Waals surface area contributed by atoms with Crippen molar-refractivity contribution in [1.29, 1.82) is 0 Å². The van der Waals surface area contributed by atoms with Crippen molar-refractivity contribution in [2.75, 3.05) is 20.2 Å². The lowest BCUT2D eigenvalue weighted by Crippen LogP contribution is -2.49. The van der Waals surface area contributed by atoms with E-state index in [1.807, 2.05) is 0 Å². The number of likely N-dealkylation sites (tertiary alicyclic amines) is 1. The van der Waals surface area contributed by atoms with Crippen molar-refractivity contribution in [3.8, 4) is 0 Å². The van der Waals surface area contributed by atoms with Crippen molar-refractivity contribution >= 4 is 0 Å². The van der Waals surface area contributed by atoms with Gasteiger partial charge in [-0.1, -0.05) is 20.3 Å². The van der Waals surface area contributed by atoms with Crippen LogP contribution < -0.4 is 0 Å². The lowest BCUT2D eigenvalue weighted by molar-refractivity contribution is 0.0360. The van der Waals surface area contributed by atoms with Crippen molar-refractivity contribution in [3.63, 3.8) is 0 Å². The van der Waals surface area contributed by atoms with Gasteiger partial charge < -0.3 is 5.11 Å². The Hall–Kier alpha value is -0.0800. The summed E-state index contributed by atoms with van der Waals surface area (Å²) in [7, 11) is 2.13. The summed E-state index contributed by atoms with van der Waals surface area (Å²) in [5.74, 6) is 0.606. The van der Waals surface area contributed by atoms with E-state index in [2.05, 4.69) is 25.8 Å². The Morgan fingerprint density at radius 2 is 2.25 bits per heavy atom. The van der Waals surface area contributed by atoms with Gasteiger partial charge in [0.25, 0.3) is 0 Å². The quantitative estimate of drug-likeness (QED) is 0.695. The highest BCUT2D eigenvalue weighted by Gasteiger charge is 2.41.